The molecule has 2 N–H and O–H groups in total. The van der Waals surface area contributed by atoms with Gasteiger partial charge in [-0.3, -0.25) is 0 Å². The lowest BCUT2D eigenvalue weighted by Gasteiger charge is -2.22. The van der Waals surface area contributed by atoms with Crippen molar-refractivity contribution in [1.29, 1.82) is 0 Å². The van der Waals surface area contributed by atoms with Gasteiger partial charge >= 0.3 is 0 Å². The predicted octanol–water partition coefficient (Wildman–Crippen LogP) is 2.33. The lowest BCUT2D eigenvalue weighted by molar-refractivity contribution is 0.00542. The first-order chi connectivity index (χ1) is 8.98. The van der Waals surface area contributed by atoms with Gasteiger partial charge in [0.25, 0.3) is 0 Å². The number of rotatable bonds is 5. The molecule has 0 atom stereocenters. The smallest absolute Gasteiger partial charge is 0.135 e. The van der Waals surface area contributed by atoms with Crippen molar-refractivity contribution < 1.29 is 13.9 Å². The zero-order valence-electron chi connectivity index (χ0n) is 11.6. The Bertz CT molecular complexity index is 475. The minimum absolute atomic E-state index is 0.229. The average Bonchev–Trinajstić information content (AvgIpc) is 2.38. The highest BCUT2D eigenvalue weighted by atomic mass is 19.1. The Hall–Kier alpha value is -1.57. The molecule has 3 nitrogen and oxygen atoms in total. The molecule has 0 spiro atoms. The third-order valence-electron chi connectivity index (χ3n) is 2.78. The number of methoxy groups -OCH3 is 1. The van der Waals surface area contributed by atoms with Gasteiger partial charge in [0.05, 0.1) is 24.3 Å². The Labute approximate surface area is 113 Å². The maximum Gasteiger partial charge on any atom is 0.135 e. The zero-order valence-corrected chi connectivity index (χ0v) is 11.6. The van der Waals surface area contributed by atoms with Crippen LogP contribution in [0.3, 0.4) is 0 Å². The van der Waals surface area contributed by atoms with Gasteiger partial charge in [-0.1, -0.05) is 11.8 Å². The largest absolute Gasteiger partial charge is 0.492 e. The van der Waals surface area contributed by atoms with Crippen LogP contribution in [0, 0.1) is 17.7 Å². The molecule has 0 saturated heterocycles. The van der Waals surface area contributed by atoms with Gasteiger partial charge in [0, 0.05) is 13.5 Å². The van der Waals surface area contributed by atoms with Crippen molar-refractivity contribution >= 4 is 0 Å². The molecule has 19 heavy (non-hydrogen) atoms. The second kappa shape index (κ2) is 7.13. The highest BCUT2D eigenvalue weighted by Gasteiger charge is 2.16. The fourth-order valence-electron chi connectivity index (χ4n) is 1.38. The van der Waals surface area contributed by atoms with Crippen LogP contribution in [-0.4, -0.2) is 25.9 Å². The maximum atomic E-state index is 13.2. The monoisotopic (exact) mass is 265 g/mol. The van der Waals surface area contributed by atoms with Gasteiger partial charge in [-0.25, -0.2) is 4.39 Å². The molecule has 4 heteroatoms. The summed E-state index contributed by atoms with van der Waals surface area (Å²) in [5, 5.41) is 0. The highest BCUT2D eigenvalue weighted by molar-refractivity contribution is 5.46. The molecular weight excluding hydrogens is 245 g/mol. The number of hydrogen-bond donors (Lipinski definition) is 1. The van der Waals surface area contributed by atoms with Gasteiger partial charge in [0.15, 0.2) is 0 Å². The molecule has 1 rings (SSSR count). The molecular formula is C15H20FNO2. The average molecular weight is 265 g/mol. The maximum absolute atomic E-state index is 13.2. The first-order valence-electron chi connectivity index (χ1n) is 6.15. The van der Waals surface area contributed by atoms with Crippen molar-refractivity contribution in [3.8, 4) is 17.6 Å². The summed E-state index contributed by atoms with van der Waals surface area (Å²) >= 11 is 0. The zero-order chi connectivity index (χ0) is 14.3. The van der Waals surface area contributed by atoms with E-state index in [0.717, 1.165) is 6.42 Å². The normalized spacial score (nSPS) is 10.8. The van der Waals surface area contributed by atoms with Crippen molar-refractivity contribution in [3.05, 3.63) is 29.6 Å². The van der Waals surface area contributed by atoms with Gasteiger partial charge in [0.1, 0.15) is 11.6 Å². The summed E-state index contributed by atoms with van der Waals surface area (Å²) in [6.07, 6.45) is 0.727. The summed E-state index contributed by atoms with van der Waals surface area (Å²) in [5.41, 5.74) is 5.58. The van der Waals surface area contributed by atoms with Gasteiger partial charge in [-0.05, 0) is 32.0 Å². The van der Waals surface area contributed by atoms with Crippen LogP contribution in [0.4, 0.5) is 4.39 Å². The van der Waals surface area contributed by atoms with Crippen LogP contribution in [-0.2, 0) is 4.74 Å². The predicted molar refractivity (Wildman–Crippen MR) is 73.5 cm³/mol. The Balaban J connectivity index is 2.72. The molecule has 0 heterocycles. The third-order valence-corrected chi connectivity index (χ3v) is 2.78. The quantitative estimate of drug-likeness (QED) is 0.831. The molecule has 1 aromatic carbocycles. The highest BCUT2D eigenvalue weighted by Crippen LogP contribution is 2.20. The van der Waals surface area contributed by atoms with Crippen LogP contribution < -0.4 is 10.5 Å². The molecule has 0 aliphatic rings. The standard InChI is InChI=1S/C15H20FNO2/c1-15(2,18-3)8-10-19-14-7-6-13(16)11-12(14)5-4-9-17/h6-7,11H,8-10,17H2,1-3H3. The number of ether oxygens (including phenoxy) is 2. The molecule has 0 unspecified atom stereocenters. The summed E-state index contributed by atoms with van der Waals surface area (Å²) < 4.78 is 24.1. The fourth-order valence-corrected chi connectivity index (χ4v) is 1.38. The Morgan fingerprint density at radius 1 is 1.37 bits per heavy atom. The van der Waals surface area contributed by atoms with Crippen LogP contribution in [0.5, 0.6) is 5.75 Å². The van der Waals surface area contributed by atoms with Crippen molar-refractivity contribution in [2.45, 2.75) is 25.9 Å². The Kier molecular flexibility index (Phi) is 5.81. The third kappa shape index (κ3) is 5.29. The minimum atomic E-state index is -0.342. The van der Waals surface area contributed by atoms with Crippen LogP contribution in [0.25, 0.3) is 0 Å². The minimum Gasteiger partial charge on any atom is -0.492 e. The molecule has 104 valence electrons. The summed E-state index contributed by atoms with van der Waals surface area (Å²) in [4.78, 5) is 0. The molecule has 0 saturated carbocycles. The van der Waals surface area contributed by atoms with Gasteiger partial charge in [0.2, 0.25) is 0 Å². The van der Waals surface area contributed by atoms with E-state index in [-0.39, 0.29) is 18.0 Å². The van der Waals surface area contributed by atoms with Gasteiger partial charge < -0.3 is 15.2 Å². The molecule has 0 fully saturated rings. The van der Waals surface area contributed by atoms with E-state index >= 15 is 0 Å². The van der Waals surface area contributed by atoms with E-state index in [4.69, 9.17) is 15.2 Å². The summed E-state index contributed by atoms with van der Waals surface area (Å²) in [7, 11) is 1.66. The molecule has 0 radical (unpaired) electrons. The number of benzene rings is 1. The van der Waals surface area contributed by atoms with Gasteiger partial charge in [-0.15, -0.1) is 0 Å². The van der Waals surface area contributed by atoms with Crippen LogP contribution >= 0.6 is 0 Å². The fraction of sp³-hybridized carbons (Fsp3) is 0.467. The second-order valence-corrected chi connectivity index (χ2v) is 4.71. The Morgan fingerprint density at radius 3 is 2.74 bits per heavy atom. The van der Waals surface area contributed by atoms with E-state index in [1.54, 1.807) is 13.2 Å². The molecule has 0 bridgehead atoms. The summed E-state index contributed by atoms with van der Waals surface area (Å²) in [6, 6.07) is 4.28. The van der Waals surface area contributed by atoms with E-state index in [9.17, 15) is 4.39 Å². The Morgan fingerprint density at radius 2 is 2.11 bits per heavy atom. The topological polar surface area (TPSA) is 44.5 Å². The van der Waals surface area contributed by atoms with E-state index in [0.29, 0.717) is 17.9 Å². The van der Waals surface area contributed by atoms with Crippen LogP contribution in [0.15, 0.2) is 18.2 Å². The van der Waals surface area contributed by atoms with E-state index in [2.05, 4.69) is 11.8 Å². The van der Waals surface area contributed by atoms with Crippen molar-refractivity contribution in [2.24, 2.45) is 5.73 Å². The molecule has 1 aromatic rings. The lowest BCUT2D eigenvalue weighted by Crippen LogP contribution is -2.25. The van der Waals surface area contributed by atoms with Crippen molar-refractivity contribution in [2.75, 3.05) is 20.3 Å². The van der Waals surface area contributed by atoms with Crippen LogP contribution in [0.2, 0.25) is 0 Å². The van der Waals surface area contributed by atoms with E-state index in [1.807, 2.05) is 13.8 Å². The first kappa shape index (κ1) is 15.5. The number of hydrogen-bond acceptors (Lipinski definition) is 3. The van der Waals surface area contributed by atoms with Crippen molar-refractivity contribution in [1.82, 2.24) is 0 Å². The lowest BCUT2D eigenvalue weighted by atomic mass is 10.1. The second-order valence-electron chi connectivity index (χ2n) is 4.71. The molecule has 0 aliphatic carbocycles. The first-order valence-corrected chi connectivity index (χ1v) is 6.15. The van der Waals surface area contributed by atoms with E-state index in [1.165, 1.54) is 12.1 Å². The summed E-state index contributed by atoms with van der Waals surface area (Å²) in [6.45, 7) is 4.67. The molecule has 0 aliphatic heterocycles. The van der Waals surface area contributed by atoms with E-state index < -0.39 is 0 Å². The number of nitrogens with two attached hydrogens (primary N) is 1. The van der Waals surface area contributed by atoms with Crippen molar-refractivity contribution in [3.63, 3.8) is 0 Å². The molecule has 0 amide bonds. The molecule has 0 aromatic heterocycles. The van der Waals surface area contributed by atoms with Gasteiger partial charge in [-0.2, -0.15) is 0 Å². The van der Waals surface area contributed by atoms with Crippen LogP contribution in [0.1, 0.15) is 25.8 Å². The SMILES string of the molecule is COC(C)(C)CCOc1ccc(F)cc1C#CCN. The number of halogens is 1. The summed E-state index contributed by atoms with van der Waals surface area (Å²) in [5.74, 6) is 5.72.